The predicted molar refractivity (Wildman–Crippen MR) is 98.4 cm³/mol. The van der Waals surface area contributed by atoms with Gasteiger partial charge in [-0.25, -0.2) is 4.79 Å². The normalized spacial score (nSPS) is 10.9. The van der Waals surface area contributed by atoms with E-state index in [1.165, 1.54) is 0 Å². The molecule has 0 spiro atoms. The van der Waals surface area contributed by atoms with E-state index in [0.29, 0.717) is 19.1 Å². The minimum atomic E-state index is -1.37. The van der Waals surface area contributed by atoms with Gasteiger partial charge in [-0.05, 0) is 31.0 Å². The van der Waals surface area contributed by atoms with Gasteiger partial charge in [-0.2, -0.15) is 0 Å². The number of hydrogen-bond donors (Lipinski definition) is 1. The molecule has 0 aliphatic carbocycles. The molecule has 0 saturated heterocycles. The van der Waals surface area contributed by atoms with Crippen LogP contribution in [0.4, 0.5) is 4.79 Å². The van der Waals surface area contributed by atoms with Crippen LogP contribution in [0.1, 0.15) is 37.9 Å². The molecular weight excluding hydrogens is 388 g/mol. The summed E-state index contributed by atoms with van der Waals surface area (Å²) in [6.45, 7) is 7.32. The highest BCUT2D eigenvalue weighted by molar-refractivity contribution is 9.10. The topological polar surface area (TPSA) is 73.6 Å². The van der Waals surface area contributed by atoms with Crippen molar-refractivity contribution in [3.63, 3.8) is 0 Å². The highest BCUT2D eigenvalue weighted by Gasteiger charge is 2.13. The van der Waals surface area contributed by atoms with Crippen molar-refractivity contribution in [3.05, 3.63) is 40.0 Å². The SMILES string of the molecule is CCC(CC)COc1ccc(Br)cc1Cn1nc(OC(=O)O)cc1C. The number of aryl methyl sites for hydroxylation is 1. The van der Waals surface area contributed by atoms with Crippen molar-refractivity contribution < 1.29 is 19.4 Å². The van der Waals surface area contributed by atoms with E-state index in [2.05, 4.69) is 39.6 Å². The highest BCUT2D eigenvalue weighted by atomic mass is 79.9. The van der Waals surface area contributed by atoms with Crippen molar-refractivity contribution in [2.75, 3.05) is 6.61 Å². The van der Waals surface area contributed by atoms with E-state index in [-0.39, 0.29) is 5.88 Å². The van der Waals surface area contributed by atoms with Crippen LogP contribution < -0.4 is 9.47 Å². The number of nitrogens with zero attached hydrogens (tertiary/aromatic N) is 2. The number of carbonyl (C=O) groups is 1. The molecule has 0 saturated carbocycles. The van der Waals surface area contributed by atoms with Crippen molar-refractivity contribution in [2.45, 2.75) is 40.2 Å². The van der Waals surface area contributed by atoms with E-state index in [1.807, 2.05) is 25.1 Å². The molecule has 7 heteroatoms. The number of rotatable bonds is 8. The summed E-state index contributed by atoms with van der Waals surface area (Å²) in [5, 5.41) is 12.9. The first kappa shape index (κ1) is 19.3. The Bertz CT molecular complexity index is 726. The Kier molecular flexibility index (Phi) is 6.87. The smallest absolute Gasteiger partial charge is 0.493 e. The van der Waals surface area contributed by atoms with Crippen molar-refractivity contribution in [1.29, 1.82) is 0 Å². The van der Waals surface area contributed by atoms with Gasteiger partial charge >= 0.3 is 6.16 Å². The molecule has 0 fully saturated rings. The largest absolute Gasteiger partial charge is 0.512 e. The number of benzene rings is 1. The lowest BCUT2D eigenvalue weighted by molar-refractivity contribution is 0.142. The van der Waals surface area contributed by atoms with Crippen molar-refractivity contribution >= 4 is 22.1 Å². The number of halogens is 1. The third-order valence-corrected chi connectivity index (χ3v) is 4.62. The molecule has 1 aromatic heterocycles. The van der Waals surface area contributed by atoms with Crippen LogP contribution in [0.15, 0.2) is 28.7 Å². The summed E-state index contributed by atoms with van der Waals surface area (Å²) in [4.78, 5) is 10.7. The molecule has 0 amide bonds. The molecule has 0 radical (unpaired) electrons. The quantitative estimate of drug-likeness (QED) is 0.627. The minimum Gasteiger partial charge on any atom is -0.493 e. The van der Waals surface area contributed by atoms with Crippen LogP contribution in [-0.2, 0) is 6.54 Å². The van der Waals surface area contributed by atoms with E-state index < -0.39 is 6.16 Å². The summed E-state index contributed by atoms with van der Waals surface area (Å²) < 4.78 is 13.3. The molecule has 1 heterocycles. The maximum atomic E-state index is 10.7. The van der Waals surface area contributed by atoms with Gasteiger partial charge in [0.1, 0.15) is 5.75 Å². The molecular formula is C18H23BrN2O4. The summed E-state index contributed by atoms with van der Waals surface area (Å²) in [6.07, 6.45) is 0.786. The second-order valence-electron chi connectivity index (χ2n) is 5.90. The van der Waals surface area contributed by atoms with Crippen LogP contribution in [0.2, 0.25) is 0 Å². The monoisotopic (exact) mass is 410 g/mol. The van der Waals surface area contributed by atoms with E-state index in [0.717, 1.165) is 34.3 Å². The lowest BCUT2D eigenvalue weighted by Gasteiger charge is -2.17. The Morgan fingerprint density at radius 3 is 2.68 bits per heavy atom. The van der Waals surface area contributed by atoms with E-state index >= 15 is 0 Å². The van der Waals surface area contributed by atoms with Crippen LogP contribution in [0.5, 0.6) is 11.6 Å². The van der Waals surface area contributed by atoms with Gasteiger partial charge in [-0.3, -0.25) is 4.68 Å². The molecule has 2 aromatic rings. The maximum Gasteiger partial charge on any atom is 0.512 e. The predicted octanol–water partition coefficient (Wildman–Crippen LogP) is 4.87. The molecule has 0 aliphatic rings. The lowest BCUT2D eigenvalue weighted by Crippen LogP contribution is -2.12. The zero-order valence-electron chi connectivity index (χ0n) is 14.7. The van der Waals surface area contributed by atoms with Crippen molar-refractivity contribution in [3.8, 4) is 11.6 Å². The molecule has 1 N–H and O–H groups in total. The maximum absolute atomic E-state index is 10.7. The highest BCUT2D eigenvalue weighted by Crippen LogP contribution is 2.26. The molecule has 2 rings (SSSR count). The second kappa shape index (κ2) is 8.89. The zero-order valence-corrected chi connectivity index (χ0v) is 16.2. The fraction of sp³-hybridized carbons (Fsp3) is 0.444. The number of hydrogen-bond acceptors (Lipinski definition) is 4. The Morgan fingerprint density at radius 2 is 2.04 bits per heavy atom. The van der Waals surface area contributed by atoms with Gasteiger partial charge in [-0.1, -0.05) is 42.6 Å². The van der Waals surface area contributed by atoms with Gasteiger partial charge in [0.2, 0.25) is 5.88 Å². The summed E-state index contributed by atoms with van der Waals surface area (Å²) in [5.74, 6) is 1.41. The summed E-state index contributed by atoms with van der Waals surface area (Å²) in [7, 11) is 0. The number of carboxylic acid groups (broad SMARTS) is 1. The Balaban J connectivity index is 2.19. The fourth-order valence-corrected chi connectivity index (χ4v) is 2.89. The molecule has 0 atom stereocenters. The average molecular weight is 411 g/mol. The zero-order chi connectivity index (χ0) is 18.4. The van der Waals surface area contributed by atoms with Crippen molar-refractivity contribution in [2.24, 2.45) is 5.92 Å². The molecule has 0 unspecified atom stereocenters. The number of aromatic nitrogens is 2. The molecule has 25 heavy (non-hydrogen) atoms. The first-order valence-corrected chi connectivity index (χ1v) is 9.08. The summed E-state index contributed by atoms with van der Waals surface area (Å²) in [5.41, 5.74) is 1.77. The fourth-order valence-electron chi connectivity index (χ4n) is 2.49. The van der Waals surface area contributed by atoms with E-state index in [1.54, 1.807) is 10.7 Å². The van der Waals surface area contributed by atoms with Gasteiger partial charge in [0.15, 0.2) is 0 Å². The Labute approximate surface area is 155 Å². The van der Waals surface area contributed by atoms with Gasteiger partial charge < -0.3 is 14.6 Å². The van der Waals surface area contributed by atoms with Crippen LogP contribution >= 0.6 is 15.9 Å². The van der Waals surface area contributed by atoms with E-state index in [4.69, 9.17) is 9.84 Å². The molecule has 1 aromatic carbocycles. The lowest BCUT2D eigenvalue weighted by atomic mass is 10.1. The van der Waals surface area contributed by atoms with Crippen molar-refractivity contribution in [1.82, 2.24) is 9.78 Å². The van der Waals surface area contributed by atoms with Crippen LogP contribution in [0, 0.1) is 12.8 Å². The number of ether oxygens (including phenoxy) is 2. The summed E-state index contributed by atoms with van der Waals surface area (Å²) >= 11 is 3.49. The minimum absolute atomic E-state index is 0.0690. The average Bonchev–Trinajstić information content (AvgIpc) is 2.88. The van der Waals surface area contributed by atoms with Crippen LogP contribution in [-0.4, -0.2) is 27.6 Å². The van der Waals surface area contributed by atoms with Gasteiger partial charge in [0, 0.05) is 21.8 Å². The third kappa shape index (κ3) is 5.49. The molecule has 6 nitrogen and oxygen atoms in total. The van der Waals surface area contributed by atoms with Crippen LogP contribution in [0.25, 0.3) is 0 Å². The van der Waals surface area contributed by atoms with Crippen LogP contribution in [0.3, 0.4) is 0 Å². The standard InChI is InChI=1S/C18H23BrN2O4/c1-4-13(5-2)11-24-16-7-6-15(19)9-14(16)10-21-12(3)8-17(20-21)25-18(22)23/h6-9,13H,4-5,10-11H2,1-3H3,(H,22,23). The second-order valence-corrected chi connectivity index (χ2v) is 6.81. The summed E-state index contributed by atoms with van der Waals surface area (Å²) in [6, 6.07) is 7.47. The van der Waals surface area contributed by atoms with Gasteiger partial charge in [0.25, 0.3) is 0 Å². The molecule has 0 aliphatic heterocycles. The molecule has 136 valence electrons. The third-order valence-electron chi connectivity index (χ3n) is 4.12. The Hall–Kier alpha value is -2.02. The Morgan fingerprint density at radius 1 is 1.32 bits per heavy atom. The van der Waals surface area contributed by atoms with Gasteiger partial charge in [0.05, 0.1) is 13.2 Å². The first-order chi connectivity index (χ1) is 11.9. The van der Waals surface area contributed by atoms with Gasteiger partial charge in [-0.15, -0.1) is 5.10 Å². The van der Waals surface area contributed by atoms with E-state index in [9.17, 15) is 4.79 Å². The molecule has 0 bridgehead atoms. The first-order valence-electron chi connectivity index (χ1n) is 8.29.